The van der Waals surface area contributed by atoms with Crippen molar-refractivity contribution in [3.63, 3.8) is 0 Å². The molecule has 0 aromatic rings. The van der Waals surface area contributed by atoms with Crippen LogP contribution in [0.4, 0.5) is 0 Å². The molecular formula is C8H14OS2. The van der Waals surface area contributed by atoms with Gasteiger partial charge in [0.2, 0.25) is 0 Å². The molecule has 1 nitrogen and oxygen atoms in total. The first-order valence-corrected chi connectivity index (χ1v) is 5.37. The van der Waals surface area contributed by atoms with E-state index >= 15 is 0 Å². The summed E-state index contributed by atoms with van der Waals surface area (Å²) in [5.41, 5.74) is 0. The Bertz CT molecular complexity index is 107. The summed E-state index contributed by atoms with van der Waals surface area (Å²) in [5.74, 6) is 1.86. The number of hydrogen-bond acceptors (Lipinski definition) is 3. The first kappa shape index (κ1) is 11.1. The summed E-state index contributed by atoms with van der Waals surface area (Å²) in [5, 5.41) is 0. The maximum atomic E-state index is 5.17. The van der Waals surface area contributed by atoms with Gasteiger partial charge in [0.15, 0.2) is 0 Å². The molecule has 0 aliphatic heterocycles. The molecule has 0 spiro atoms. The molecule has 64 valence electrons. The largest absolute Gasteiger partial charge is 0.247 e. The van der Waals surface area contributed by atoms with Crippen molar-refractivity contribution in [2.45, 2.75) is 13.8 Å². The molecule has 0 aliphatic rings. The van der Waals surface area contributed by atoms with Crippen LogP contribution in [0.15, 0.2) is 24.3 Å². The minimum Gasteiger partial charge on any atom is -0.247 e. The van der Waals surface area contributed by atoms with E-state index in [1.165, 1.54) is 24.1 Å². The van der Waals surface area contributed by atoms with Gasteiger partial charge >= 0.3 is 0 Å². The van der Waals surface area contributed by atoms with Gasteiger partial charge in [-0.05, 0) is 13.8 Å². The Balaban J connectivity index is 2.90. The van der Waals surface area contributed by atoms with Crippen LogP contribution in [0.25, 0.3) is 0 Å². The van der Waals surface area contributed by atoms with Gasteiger partial charge in [-0.1, -0.05) is 24.3 Å². The number of hydrogen-bond donors (Lipinski definition) is 0. The highest BCUT2D eigenvalue weighted by Gasteiger charge is 1.84. The van der Waals surface area contributed by atoms with Crippen LogP contribution in [0, 0.1) is 0 Å². The predicted molar refractivity (Wildman–Crippen MR) is 55.6 cm³/mol. The zero-order valence-corrected chi connectivity index (χ0v) is 8.58. The van der Waals surface area contributed by atoms with E-state index in [4.69, 9.17) is 3.63 Å². The van der Waals surface area contributed by atoms with Crippen molar-refractivity contribution in [1.82, 2.24) is 0 Å². The Labute approximate surface area is 77.7 Å². The van der Waals surface area contributed by atoms with Gasteiger partial charge in [0, 0.05) is 35.6 Å². The first-order valence-electron chi connectivity index (χ1n) is 3.55. The summed E-state index contributed by atoms with van der Waals surface area (Å²) in [4.78, 5) is 0. The Hall–Kier alpha value is 0.140. The van der Waals surface area contributed by atoms with Crippen molar-refractivity contribution in [3.8, 4) is 0 Å². The van der Waals surface area contributed by atoms with Gasteiger partial charge in [-0.25, -0.2) is 3.63 Å². The average molecular weight is 190 g/mol. The summed E-state index contributed by atoms with van der Waals surface area (Å²) >= 11 is 2.94. The molecule has 0 N–H and O–H groups in total. The highest BCUT2D eigenvalue weighted by Crippen LogP contribution is 2.14. The minimum atomic E-state index is 0.930. The molecule has 0 bridgehead atoms. The van der Waals surface area contributed by atoms with E-state index in [1.54, 1.807) is 0 Å². The van der Waals surface area contributed by atoms with E-state index in [2.05, 4.69) is 12.2 Å². The lowest BCUT2D eigenvalue weighted by Crippen LogP contribution is -1.72. The molecular weight excluding hydrogens is 176 g/mol. The molecule has 0 aliphatic carbocycles. The van der Waals surface area contributed by atoms with Crippen molar-refractivity contribution in [3.05, 3.63) is 24.3 Å². The van der Waals surface area contributed by atoms with Crippen molar-refractivity contribution >= 4 is 24.1 Å². The van der Waals surface area contributed by atoms with E-state index in [-0.39, 0.29) is 0 Å². The smallest absolute Gasteiger partial charge is 0.0391 e. The van der Waals surface area contributed by atoms with Gasteiger partial charge in [-0.15, -0.1) is 0 Å². The van der Waals surface area contributed by atoms with E-state index in [9.17, 15) is 0 Å². The summed E-state index contributed by atoms with van der Waals surface area (Å²) in [7, 11) is 0. The lowest BCUT2D eigenvalue weighted by atomic mass is 10.6. The highest BCUT2D eigenvalue weighted by molar-refractivity contribution is 8.08. The molecule has 11 heavy (non-hydrogen) atoms. The first-order chi connectivity index (χ1) is 5.41. The van der Waals surface area contributed by atoms with E-state index in [1.807, 2.05) is 26.0 Å². The van der Waals surface area contributed by atoms with Crippen LogP contribution >= 0.6 is 24.1 Å². The Kier molecular flexibility index (Phi) is 10.3. The van der Waals surface area contributed by atoms with Crippen LogP contribution in [-0.4, -0.2) is 11.5 Å². The summed E-state index contributed by atoms with van der Waals surface area (Å²) < 4.78 is 5.17. The minimum absolute atomic E-state index is 0.930. The topological polar surface area (TPSA) is 9.23 Å². The van der Waals surface area contributed by atoms with Gasteiger partial charge in [-0.2, -0.15) is 0 Å². The van der Waals surface area contributed by atoms with Crippen molar-refractivity contribution in [2.75, 3.05) is 11.5 Å². The second kappa shape index (κ2) is 10.1. The summed E-state index contributed by atoms with van der Waals surface area (Å²) in [6, 6.07) is 0. The fourth-order valence-corrected chi connectivity index (χ4v) is 1.62. The Morgan fingerprint density at radius 3 is 1.82 bits per heavy atom. The second-order valence-corrected chi connectivity index (χ2v) is 3.46. The molecule has 0 rings (SSSR count). The quantitative estimate of drug-likeness (QED) is 0.361. The predicted octanol–water partition coefficient (Wildman–Crippen LogP) is 3.45. The molecule has 0 fully saturated rings. The SMILES string of the molecule is CC=CCSOSCC=CC. The molecule has 0 atom stereocenters. The van der Waals surface area contributed by atoms with E-state index in [0.29, 0.717) is 0 Å². The van der Waals surface area contributed by atoms with E-state index < -0.39 is 0 Å². The maximum Gasteiger partial charge on any atom is 0.0391 e. The summed E-state index contributed by atoms with van der Waals surface area (Å²) in [6.45, 7) is 4.01. The van der Waals surface area contributed by atoms with Gasteiger partial charge in [0.25, 0.3) is 0 Å². The molecule has 0 radical (unpaired) electrons. The van der Waals surface area contributed by atoms with Crippen LogP contribution in [-0.2, 0) is 3.63 Å². The normalized spacial score (nSPS) is 11.8. The molecule has 0 aromatic carbocycles. The van der Waals surface area contributed by atoms with Crippen LogP contribution in [0.1, 0.15) is 13.8 Å². The number of allylic oxidation sites excluding steroid dienone is 2. The second-order valence-electron chi connectivity index (χ2n) is 1.78. The molecule has 0 aromatic heterocycles. The average Bonchev–Trinajstić information content (AvgIpc) is 2.03. The molecule has 0 amide bonds. The lowest BCUT2D eigenvalue weighted by molar-refractivity contribution is 0.763. The third-order valence-electron chi connectivity index (χ3n) is 0.896. The maximum absolute atomic E-state index is 5.17. The molecule has 0 saturated carbocycles. The molecule has 0 heterocycles. The lowest BCUT2D eigenvalue weighted by Gasteiger charge is -1.94. The summed E-state index contributed by atoms with van der Waals surface area (Å²) in [6.07, 6.45) is 8.18. The van der Waals surface area contributed by atoms with Crippen LogP contribution in [0.5, 0.6) is 0 Å². The van der Waals surface area contributed by atoms with E-state index in [0.717, 1.165) is 11.5 Å². The monoisotopic (exact) mass is 190 g/mol. The fourth-order valence-electron chi connectivity index (χ4n) is 0.361. The van der Waals surface area contributed by atoms with Gasteiger partial charge in [0.05, 0.1) is 0 Å². The van der Waals surface area contributed by atoms with Gasteiger partial charge < -0.3 is 0 Å². The zero-order valence-electron chi connectivity index (χ0n) is 6.95. The van der Waals surface area contributed by atoms with Gasteiger partial charge in [-0.3, -0.25) is 0 Å². The van der Waals surface area contributed by atoms with Crippen LogP contribution in [0.3, 0.4) is 0 Å². The van der Waals surface area contributed by atoms with Crippen molar-refractivity contribution in [1.29, 1.82) is 0 Å². The Morgan fingerprint density at radius 1 is 1.00 bits per heavy atom. The third kappa shape index (κ3) is 10.1. The molecule has 0 saturated heterocycles. The van der Waals surface area contributed by atoms with Gasteiger partial charge in [0.1, 0.15) is 0 Å². The third-order valence-corrected chi connectivity index (χ3v) is 2.32. The van der Waals surface area contributed by atoms with Crippen LogP contribution in [0.2, 0.25) is 0 Å². The Morgan fingerprint density at radius 2 is 1.45 bits per heavy atom. The number of rotatable bonds is 6. The van der Waals surface area contributed by atoms with Crippen LogP contribution < -0.4 is 0 Å². The van der Waals surface area contributed by atoms with Crippen molar-refractivity contribution < 1.29 is 3.63 Å². The standard InChI is InChI=1S/C8H14OS2/c1-3-5-7-10-9-11-8-6-4-2/h3-6H,7-8H2,1-2H3. The fraction of sp³-hybridized carbons (Fsp3) is 0.500. The molecule has 0 unspecified atom stereocenters. The highest BCUT2D eigenvalue weighted by atomic mass is 32.2. The van der Waals surface area contributed by atoms with Crippen molar-refractivity contribution in [2.24, 2.45) is 0 Å². The zero-order chi connectivity index (χ0) is 8.36. The molecule has 3 heteroatoms.